The van der Waals surface area contributed by atoms with Crippen molar-refractivity contribution in [3.05, 3.63) is 35.9 Å². The molecule has 16 heavy (non-hydrogen) atoms. The van der Waals surface area contributed by atoms with Gasteiger partial charge in [-0.05, 0) is 35.9 Å². The Labute approximate surface area is 93.0 Å². The zero-order valence-corrected chi connectivity index (χ0v) is 8.90. The average molecular weight is 216 g/mol. The monoisotopic (exact) mass is 216 g/mol. The van der Waals surface area contributed by atoms with Crippen molar-refractivity contribution in [3.8, 4) is 11.5 Å². The fourth-order valence-corrected chi connectivity index (χ4v) is 1.80. The minimum absolute atomic E-state index is 0.00382. The van der Waals surface area contributed by atoms with Gasteiger partial charge in [-0.15, -0.1) is 0 Å². The number of ketones is 1. The third kappa shape index (κ3) is 1.84. The van der Waals surface area contributed by atoms with Crippen LogP contribution in [-0.2, 0) is 11.2 Å². The average Bonchev–Trinajstić information content (AvgIpc) is 2.22. The van der Waals surface area contributed by atoms with Gasteiger partial charge >= 0.3 is 0 Å². The van der Waals surface area contributed by atoms with Gasteiger partial charge in [0.15, 0.2) is 0 Å². The Kier molecular flexibility index (Phi) is 2.52. The second-order valence-electron chi connectivity index (χ2n) is 3.85. The predicted octanol–water partition coefficient (Wildman–Crippen LogP) is 2.38. The highest BCUT2D eigenvalue weighted by atomic mass is 16.3. The number of hydrogen-bond acceptors (Lipinski definition) is 3. The van der Waals surface area contributed by atoms with E-state index in [0.29, 0.717) is 5.56 Å². The summed E-state index contributed by atoms with van der Waals surface area (Å²) in [6, 6.07) is 8.13. The molecule has 0 spiro atoms. The Balaban J connectivity index is 2.69. The van der Waals surface area contributed by atoms with Gasteiger partial charge in [-0.3, -0.25) is 4.79 Å². The molecule has 82 valence electrons. The molecule has 0 amide bonds. The molecule has 2 aromatic carbocycles. The maximum atomic E-state index is 11.1. The van der Waals surface area contributed by atoms with Crippen molar-refractivity contribution in [2.75, 3.05) is 0 Å². The Morgan fingerprint density at radius 3 is 2.62 bits per heavy atom. The fourth-order valence-electron chi connectivity index (χ4n) is 1.80. The second-order valence-corrected chi connectivity index (χ2v) is 3.85. The first-order valence-electron chi connectivity index (χ1n) is 5.01. The molecule has 0 unspecified atom stereocenters. The summed E-state index contributed by atoms with van der Waals surface area (Å²) >= 11 is 0. The lowest BCUT2D eigenvalue weighted by Gasteiger charge is -2.07. The Morgan fingerprint density at radius 2 is 1.94 bits per heavy atom. The molecule has 0 aliphatic heterocycles. The van der Waals surface area contributed by atoms with E-state index in [4.69, 9.17) is 0 Å². The second kappa shape index (κ2) is 3.85. The number of aromatic hydroxyl groups is 2. The molecule has 0 saturated heterocycles. The van der Waals surface area contributed by atoms with E-state index in [1.165, 1.54) is 6.92 Å². The van der Waals surface area contributed by atoms with Gasteiger partial charge in [0.25, 0.3) is 0 Å². The van der Waals surface area contributed by atoms with Crippen LogP contribution in [0.3, 0.4) is 0 Å². The quantitative estimate of drug-likeness (QED) is 0.810. The molecular weight excluding hydrogens is 204 g/mol. The molecular formula is C13H12O3. The van der Waals surface area contributed by atoms with Crippen LogP contribution in [0.4, 0.5) is 0 Å². The van der Waals surface area contributed by atoms with Crippen molar-refractivity contribution in [3.63, 3.8) is 0 Å². The topological polar surface area (TPSA) is 57.5 Å². The van der Waals surface area contributed by atoms with E-state index in [-0.39, 0.29) is 23.7 Å². The number of phenolic OH excluding ortho intramolecular Hbond substituents is 2. The molecule has 0 aliphatic rings. The van der Waals surface area contributed by atoms with E-state index in [0.717, 1.165) is 10.8 Å². The highest BCUT2D eigenvalue weighted by molar-refractivity contribution is 5.92. The smallest absolute Gasteiger partial charge is 0.134 e. The number of rotatable bonds is 2. The van der Waals surface area contributed by atoms with E-state index in [2.05, 4.69) is 0 Å². The third-order valence-electron chi connectivity index (χ3n) is 2.52. The lowest BCUT2D eigenvalue weighted by molar-refractivity contribution is -0.116. The van der Waals surface area contributed by atoms with Crippen LogP contribution in [0, 0.1) is 0 Å². The van der Waals surface area contributed by atoms with Crippen molar-refractivity contribution < 1.29 is 15.0 Å². The molecule has 2 aromatic rings. The van der Waals surface area contributed by atoms with Crippen molar-refractivity contribution in [2.24, 2.45) is 0 Å². The first kappa shape index (κ1) is 10.5. The number of carbonyl (C=O) groups is 1. The minimum atomic E-state index is -0.00382. The van der Waals surface area contributed by atoms with Crippen molar-refractivity contribution in [2.45, 2.75) is 13.3 Å². The van der Waals surface area contributed by atoms with E-state index in [9.17, 15) is 15.0 Å². The van der Waals surface area contributed by atoms with Crippen LogP contribution in [0.15, 0.2) is 30.3 Å². The van der Waals surface area contributed by atoms with Gasteiger partial charge in [0, 0.05) is 12.0 Å². The SMILES string of the molecule is CC(=O)Cc1c(O)ccc2cc(O)ccc12. The lowest BCUT2D eigenvalue weighted by Crippen LogP contribution is -1.97. The fraction of sp³-hybridized carbons (Fsp3) is 0.154. The summed E-state index contributed by atoms with van der Waals surface area (Å²) in [4.78, 5) is 11.1. The van der Waals surface area contributed by atoms with Gasteiger partial charge in [-0.1, -0.05) is 12.1 Å². The van der Waals surface area contributed by atoms with Gasteiger partial charge in [-0.25, -0.2) is 0 Å². The summed E-state index contributed by atoms with van der Waals surface area (Å²) in [6.45, 7) is 1.48. The van der Waals surface area contributed by atoms with Gasteiger partial charge in [0.2, 0.25) is 0 Å². The highest BCUT2D eigenvalue weighted by Gasteiger charge is 2.09. The zero-order valence-electron chi connectivity index (χ0n) is 8.90. The number of fused-ring (bicyclic) bond motifs is 1. The Hall–Kier alpha value is -2.03. The molecule has 0 bridgehead atoms. The molecule has 0 fully saturated rings. The van der Waals surface area contributed by atoms with Gasteiger partial charge in [0.05, 0.1) is 0 Å². The number of phenols is 2. The first-order valence-corrected chi connectivity index (χ1v) is 5.01. The van der Waals surface area contributed by atoms with Crippen LogP contribution >= 0.6 is 0 Å². The normalized spacial score (nSPS) is 10.6. The lowest BCUT2D eigenvalue weighted by atomic mass is 9.99. The Morgan fingerprint density at radius 1 is 1.19 bits per heavy atom. The molecule has 3 heteroatoms. The summed E-state index contributed by atoms with van der Waals surface area (Å²) in [6.07, 6.45) is 0.202. The predicted molar refractivity (Wildman–Crippen MR) is 61.7 cm³/mol. The summed E-state index contributed by atoms with van der Waals surface area (Å²) in [7, 11) is 0. The molecule has 0 heterocycles. The van der Waals surface area contributed by atoms with Gasteiger partial charge < -0.3 is 10.2 Å². The zero-order chi connectivity index (χ0) is 11.7. The molecule has 0 atom stereocenters. The maximum Gasteiger partial charge on any atom is 0.134 e. The molecule has 0 radical (unpaired) electrons. The van der Waals surface area contributed by atoms with Crippen molar-refractivity contribution in [1.82, 2.24) is 0 Å². The van der Waals surface area contributed by atoms with Crippen LogP contribution in [0.25, 0.3) is 10.8 Å². The van der Waals surface area contributed by atoms with Crippen LogP contribution < -0.4 is 0 Å². The first-order chi connectivity index (χ1) is 7.58. The summed E-state index contributed by atoms with van der Waals surface area (Å²) in [5.74, 6) is 0.288. The number of hydrogen-bond donors (Lipinski definition) is 2. The number of Topliss-reactive ketones (excluding diaryl/α,β-unsaturated/α-hetero) is 1. The third-order valence-corrected chi connectivity index (χ3v) is 2.52. The highest BCUT2D eigenvalue weighted by Crippen LogP contribution is 2.29. The van der Waals surface area contributed by atoms with E-state index < -0.39 is 0 Å². The summed E-state index contributed by atoms with van der Waals surface area (Å²) in [5.41, 5.74) is 0.616. The largest absolute Gasteiger partial charge is 0.508 e. The van der Waals surface area contributed by atoms with Crippen LogP contribution in [-0.4, -0.2) is 16.0 Å². The van der Waals surface area contributed by atoms with Crippen LogP contribution in [0.2, 0.25) is 0 Å². The Bertz CT molecular complexity index is 558. The molecule has 2 rings (SSSR count). The number of benzene rings is 2. The molecule has 0 aromatic heterocycles. The number of carbonyl (C=O) groups excluding carboxylic acids is 1. The van der Waals surface area contributed by atoms with Gasteiger partial charge in [0.1, 0.15) is 17.3 Å². The molecule has 3 nitrogen and oxygen atoms in total. The standard InChI is InChI=1S/C13H12O3/c1-8(14)6-12-11-4-3-10(15)7-9(11)2-5-13(12)16/h2-5,7,15-16H,6H2,1H3. The summed E-state index contributed by atoms with van der Waals surface area (Å²) < 4.78 is 0. The van der Waals surface area contributed by atoms with Crippen molar-refractivity contribution >= 4 is 16.6 Å². The van der Waals surface area contributed by atoms with E-state index >= 15 is 0 Å². The molecule has 2 N–H and O–H groups in total. The van der Waals surface area contributed by atoms with Crippen LogP contribution in [0.1, 0.15) is 12.5 Å². The van der Waals surface area contributed by atoms with Gasteiger partial charge in [-0.2, -0.15) is 0 Å². The summed E-state index contributed by atoms with van der Waals surface area (Å²) in [5, 5.41) is 20.7. The van der Waals surface area contributed by atoms with Crippen LogP contribution in [0.5, 0.6) is 11.5 Å². The van der Waals surface area contributed by atoms with Crippen molar-refractivity contribution in [1.29, 1.82) is 0 Å². The molecule has 0 saturated carbocycles. The van der Waals surface area contributed by atoms with E-state index in [1.54, 1.807) is 30.3 Å². The molecule has 0 aliphatic carbocycles. The minimum Gasteiger partial charge on any atom is -0.508 e. The maximum absolute atomic E-state index is 11.1. The van der Waals surface area contributed by atoms with E-state index in [1.807, 2.05) is 0 Å².